The van der Waals surface area contributed by atoms with Gasteiger partial charge >= 0.3 is 0 Å². The standard InChI is InChI=1S/C13H11N3O/c1-2-4-11(5-3-1)10-17-13-9-15-16-7-6-14-8-12(13)16/h1-9H,10H2. The Morgan fingerprint density at radius 3 is 2.88 bits per heavy atom. The van der Waals surface area contributed by atoms with E-state index in [4.69, 9.17) is 4.74 Å². The van der Waals surface area contributed by atoms with E-state index in [1.807, 2.05) is 30.3 Å². The summed E-state index contributed by atoms with van der Waals surface area (Å²) in [6.45, 7) is 0.539. The molecule has 2 heterocycles. The van der Waals surface area contributed by atoms with Gasteiger partial charge in [0.2, 0.25) is 0 Å². The topological polar surface area (TPSA) is 39.4 Å². The van der Waals surface area contributed by atoms with E-state index in [1.54, 1.807) is 29.3 Å². The van der Waals surface area contributed by atoms with Gasteiger partial charge in [-0.15, -0.1) is 0 Å². The van der Waals surface area contributed by atoms with Crippen molar-refractivity contribution in [3.8, 4) is 5.75 Å². The van der Waals surface area contributed by atoms with Gasteiger partial charge < -0.3 is 4.74 Å². The van der Waals surface area contributed by atoms with Gasteiger partial charge in [0.05, 0.1) is 12.4 Å². The molecule has 4 heteroatoms. The lowest BCUT2D eigenvalue weighted by Gasteiger charge is -2.03. The number of fused-ring (bicyclic) bond motifs is 1. The third-order valence-corrected chi connectivity index (χ3v) is 2.53. The largest absolute Gasteiger partial charge is 0.485 e. The lowest BCUT2D eigenvalue weighted by atomic mass is 10.2. The quantitative estimate of drug-likeness (QED) is 0.686. The van der Waals surface area contributed by atoms with Crippen LogP contribution in [0.4, 0.5) is 0 Å². The average Bonchev–Trinajstić information content (AvgIpc) is 2.81. The normalized spacial score (nSPS) is 10.6. The predicted octanol–water partition coefficient (Wildman–Crippen LogP) is 2.31. The summed E-state index contributed by atoms with van der Waals surface area (Å²) < 4.78 is 7.47. The first-order chi connectivity index (χ1) is 8.43. The van der Waals surface area contributed by atoms with Crippen LogP contribution in [0.15, 0.2) is 55.1 Å². The summed E-state index contributed by atoms with van der Waals surface area (Å²) in [7, 11) is 0. The molecule has 0 bridgehead atoms. The highest BCUT2D eigenvalue weighted by Crippen LogP contribution is 2.18. The SMILES string of the molecule is c1ccc(COc2cnn3ccncc23)cc1. The molecule has 3 rings (SSSR count). The Labute approximate surface area is 98.5 Å². The van der Waals surface area contributed by atoms with Crippen molar-refractivity contribution in [3.63, 3.8) is 0 Å². The van der Waals surface area contributed by atoms with E-state index in [2.05, 4.69) is 10.1 Å². The van der Waals surface area contributed by atoms with E-state index in [9.17, 15) is 0 Å². The number of nitrogens with zero attached hydrogens (tertiary/aromatic N) is 3. The molecule has 0 saturated carbocycles. The van der Waals surface area contributed by atoms with Crippen molar-refractivity contribution in [1.82, 2.24) is 14.6 Å². The van der Waals surface area contributed by atoms with Gasteiger partial charge in [-0.2, -0.15) is 5.10 Å². The molecule has 0 atom stereocenters. The van der Waals surface area contributed by atoms with E-state index >= 15 is 0 Å². The highest BCUT2D eigenvalue weighted by atomic mass is 16.5. The molecular weight excluding hydrogens is 214 g/mol. The third-order valence-electron chi connectivity index (χ3n) is 2.53. The number of rotatable bonds is 3. The van der Waals surface area contributed by atoms with Gasteiger partial charge in [0, 0.05) is 12.4 Å². The van der Waals surface area contributed by atoms with Gasteiger partial charge in [-0.3, -0.25) is 4.98 Å². The maximum atomic E-state index is 5.72. The highest BCUT2D eigenvalue weighted by Gasteiger charge is 2.04. The highest BCUT2D eigenvalue weighted by molar-refractivity contribution is 5.56. The molecule has 0 aliphatic heterocycles. The van der Waals surface area contributed by atoms with Crippen LogP contribution in [-0.4, -0.2) is 14.6 Å². The number of hydrogen-bond acceptors (Lipinski definition) is 3. The van der Waals surface area contributed by atoms with Gasteiger partial charge in [0.25, 0.3) is 0 Å². The summed E-state index contributed by atoms with van der Waals surface area (Å²) in [5.41, 5.74) is 2.01. The molecule has 0 unspecified atom stereocenters. The second kappa shape index (κ2) is 4.25. The van der Waals surface area contributed by atoms with Crippen LogP contribution in [0.5, 0.6) is 5.75 Å². The minimum Gasteiger partial charge on any atom is -0.485 e. The van der Waals surface area contributed by atoms with Crippen molar-refractivity contribution in [2.24, 2.45) is 0 Å². The van der Waals surface area contributed by atoms with Crippen LogP contribution in [0.25, 0.3) is 5.52 Å². The molecule has 0 radical (unpaired) electrons. The maximum Gasteiger partial charge on any atom is 0.167 e. The van der Waals surface area contributed by atoms with Gasteiger partial charge in [0.1, 0.15) is 12.1 Å². The molecule has 0 spiro atoms. The van der Waals surface area contributed by atoms with Crippen molar-refractivity contribution < 1.29 is 4.74 Å². The zero-order valence-electron chi connectivity index (χ0n) is 9.15. The molecule has 0 fully saturated rings. The van der Waals surface area contributed by atoms with Crippen molar-refractivity contribution >= 4 is 5.52 Å². The van der Waals surface area contributed by atoms with E-state index in [0.29, 0.717) is 6.61 Å². The molecule has 0 aliphatic rings. The van der Waals surface area contributed by atoms with Gasteiger partial charge in [-0.1, -0.05) is 30.3 Å². The zero-order valence-corrected chi connectivity index (χ0v) is 9.15. The first kappa shape index (κ1) is 9.84. The predicted molar refractivity (Wildman–Crippen MR) is 63.8 cm³/mol. The Balaban J connectivity index is 1.82. The average molecular weight is 225 g/mol. The Morgan fingerprint density at radius 2 is 2.00 bits per heavy atom. The zero-order chi connectivity index (χ0) is 11.5. The molecule has 0 N–H and O–H groups in total. The summed E-state index contributed by atoms with van der Waals surface area (Å²) in [6, 6.07) is 10.0. The molecule has 0 aliphatic carbocycles. The summed E-state index contributed by atoms with van der Waals surface area (Å²) in [6.07, 6.45) is 6.94. The first-order valence-corrected chi connectivity index (χ1v) is 5.37. The lowest BCUT2D eigenvalue weighted by molar-refractivity contribution is 0.310. The fraction of sp³-hybridized carbons (Fsp3) is 0.0769. The molecule has 1 aromatic carbocycles. The van der Waals surface area contributed by atoms with Gasteiger partial charge in [-0.05, 0) is 5.56 Å². The molecule has 17 heavy (non-hydrogen) atoms. The summed E-state index contributed by atoms with van der Waals surface area (Å²) in [5, 5.41) is 4.18. The van der Waals surface area contributed by atoms with Crippen LogP contribution < -0.4 is 4.74 Å². The molecule has 2 aromatic heterocycles. The van der Waals surface area contributed by atoms with Crippen molar-refractivity contribution in [3.05, 3.63) is 60.7 Å². The monoisotopic (exact) mass is 225 g/mol. The van der Waals surface area contributed by atoms with Crippen molar-refractivity contribution in [2.75, 3.05) is 0 Å². The van der Waals surface area contributed by atoms with Crippen LogP contribution in [0.1, 0.15) is 5.56 Å². The van der Waals surface area contributed by atoms with E-state index in [1.165, 1.54) is 0 Å². The van der Waals surface area contributed by atoms with E-state index < -0.39 is 0 Å². The number of aromatic nitrogens is 3. The molecular formula is C13H11N3O. The number of ether oxygens (including phenoxy) is 1. The van der Waals surface area contributed by atoms with Crippen LogP contribution >= 0.6 is 0 Å². The second-order valence-electron chi connectivity index (χ2n) is 3.69. The van der Waals surface area contributed by atoms with Crippen LogP contribution in [0, 0.1) is 0 Å². The molecule has 4 nitrogen and oxygen atoms in total. The number of benzene rings is 1. The Bertz CT molecular complexity index is 619. The van der Waals surface area contributed by atoms with Gasteiger partial charge in [-0.25, -0.2) is 4.52 Å². The van der Waals surface area contributed by atoms with Gasteiger partial charge in [0.15, 0.2) is 5.75 Å². The van der Waals surface area contributed by atoms with Crippen LogP contribution in [0.2, 0.25) is 0 Å². The molecule has 0 amide bonds. The molecule has 84 valence electrons. The Kier molecular flexibility index (Phi) is 2.46. The molecule has 0 saturated heterocycles. The van der Waals surface area contributed by atoms with E-state index in [-0.39, 0.29) is 0 Å². The lowest BCUT2D eigenvalue weighted by Crippen LogP contribution is -1.94. The van der Waals surface area contributed by atoms with Crippen molar-refractivity contribution in [1.29, 1.82) is 0 Å². The summed E-state index contributed by atoms with van der Waals surface area (Å²) >= 11 is 0. The third kappa shape index (κ3) is 1.97. The Hall–Kier alpha value is -2.36. The van der Waals surface area contributed by atoms with Crippen molar-refractivity contribution in [2.45, 2.75) is 6.61 Å². The van der Waals surface area contributed by atoms with E-state index in [0.717, 1.165) is 16.8 Å². The molecule has 3 aromatic rings. The fourth-order valence-electron chi connectivity index (χ4n) is 1.66. The Morgan fingerprint density at radius 1 is 1.12 bits per heavy atom. The number of hydrogen-bond donors (Lipinski definition) is 0. The maximum absolute atomic E-state index is 5.72. The minimum atomic E-state index is 0.539. The van der Waals surface area contributed by atoms with Crippen LogP contribution in [0.3, 0.4) is 0 Å². The second-order valence-corrected chi connectivity index (χ2v) is 3.69. The van der Waals surface area contributed by atoms with Crippen LogP contribution in [-0.2, 0) is 6.61 Å². The summed E-state index contributed by atoms with van der Waals surface area (Å²) in [5.74, 6) is 0.752. The summed E-state index contributed by atoms with van der Waals surface area (Å²) in [4.78, 5) is 4.06. The smallest absolute Gasteiger partial charge is 0.167 e. The fourth-order valence-corrected chi connectivity index (χ4v) is 1.66. The first-order valence-electron chi connectivity index (χ1n) is 5.37. The minimum absolute atomic E-state index is 0.539.